The number of hydrogen-bond acceptors (Lipinski definition) is 5. The number of aromatic nitrogens is 1. The molecule has 2 aromatic heterocycles. The van der Waals surface area contributed by atoms with Crippen molar-refractivity contribution in [3.05, 3.63) is 46.3 Å². The number of hydrogen-bond donors (Lipinski definition) is 2. The van der Waals surface area contributed by atoms with Crippen LogP contribution < -0.4 is 15.5 Å². The van der Waals surface area contributed by atoms with Crippen LogP contribution in [0.3, 0.4) is 0 Å². The van der Waals surface area contributed by atoms with Crippen LogP contribution in [0.5, 0.6) is 0 Å². The van der Waals surface area contributed by atoms with Crippen molar-refractivity contribution in [1.82, 2.24) is 20.5 Å². The van der Waals surface area contributed by atoms with Crippen LogP contribution in [0, 0.1) is 0 Å². The summed E-state index contributed by atoms with van der Waals surface area (Å²) in [5.74, 6) is 1.83. The smallest absolute Gasteiger partial charge is 0.191 e. The summed E-state index contributed by atoms with van der Waals surface area (Å²) in [6.07, 6.45) is 4.42. The molecule has 29 heavy (non-hydrogen) atoms. The molecule has 2 aromatic rings. The topological polar surface area (TPSA) is 55.8 Å². The third kappa shape index (κ3) is 6.82. The number of aliphatic imine (C=N–C) groups is 1. The van der Waals surface area contributed by atoms with Gasteiger partial charge in [-0.05, 0) is 50.4 Å². The van der Waals surface area contributed by atoms with E-state index >= 15 is 0 Å². The second kappa shape index (κ2) is 12.3. The molecule has 0 spiro atoms. The fraction of sp³-hybridized carbons (Fsp3) is 0.524. The van der Waals surface area contributed by atoms with Crippen molar-refractivity contribution in [2.24, 2.45) is 4.99 Å². The molecule has 2 N–H and O–H groups in total. The van der Waals surface area contributed by atoms with E-state index in [-0.39, 0.29) is 24.0 Å². The second-order valence-corrected chi connectivity index (χ2v) is 8.21. The van der Waals surface area contributed by atoms with Gasteiger partial charge in [0, 0.05) is 43.8 Å². The molecular weight excluding hydrogens is 495 g/mol. The van der Waals surface area contributed by atoms with E-state index < -0.39 is 0 Å². The first-order chi connectivity index (χ1) is 13.7. The first-order valence-corrected chi connectivity index (χ1v) is 11.0. The predicted molar refractivity (Wildman–Crippen MR) is 135 cm³/mol. The lowest BCUT2D eigenvalue weighted by Gasteiger charge is -2.27. The standard InChI is InChI=1S/C21H32N6S.HI/c1-4-22-21(24-15-17-9-7-11-23-20(17)26(2)3)25-16-18(19-10-8-14-28-19)27-12-5-6-13-27;/h7-11,14,18H,4-6,12-13,15-16H2,1-3H3,(H2,22,24,25);1H. The van der Waals surface area contributed by atoms with Gasteiger partial charge < -0.3 is 15.5 Å². The summed E-state index contributed by atoms with van der Waals surface area (Å²) in [7, 11) is 4.03. The Labute approximate surface area is 195 Å². The third-order valence-corrected chi connectivity index (χ3v) is 5.93. The number of thiophene rings is 1. The molecule has 0 aromatic carbocycles. The molecule has 0 radical (unpaired) electrons. The van der Waals surface area contributed by atoms with Crippen molar-refractivity contribution in [3.8, 4) is 0 Å². The number of halogens is 1. The van der Waals surface area contributed by atoms with Crippen LogP contribution in [0.1, 0.15) is 36.2 Å². The van der Waals surface area contributed by atoms with E-state index in [4.69, 9.17) is 4.99 Å². The molecule has 8 heteroatoms. The molecule has 1 atom stereocenters. The van der Waals surface area contributed by atoms with E-state index in [1.807, 2.05) is 42.6 Å². The normalized spacial score (nSPS) is 15.6. The van der Waals surface area contributed by atoms with Crippen molar-refractivity contribution < 1.29 is 0 Å². The number of nitrogens with one attached hydrogen (secondary N) is 2. The van der Waals surface area contributed by atoms with Gasteiger partial charge in [-0.3, -0.25) is 4.90 Å². The molecule has 1 fully saturated rings. The summed E-state index contributed by atoms with van der Waals surface area (Å²) in [4.78, 5) is 15.3. The lowest BCUT2D eigenvalue weighted by Crippen LogP contribution is -2.42. The minimum absolute atomic E-state index is 0. The van der Waals surface area contributed by atoms with Gasteiger partial charge in [-0.1, -0.05) is 12.1 Å². The third-order valence-electron chi connectivity index (χ3n) is 4.96. The first kappa shape index (κ1) is 23.9. The molecular formula is C21H33IN6S. The van der Waals surface area contributed by atoms with Gasteiger partial charge in [0.25, 0.3) is 0 Å². The van der Waals surface area contributed by atoms with E-state index in [9.17, 15) is 0 Å². The minimum atomic E-state index is 0. The van der Waals surface area contributed by atoms with Gasteiger partial charge in [0.2, 0.25) is 0 Å². The van der Waals surface area contributed by atoms with E-state index in [0.717, 1.165) is 30.4 Å². The highest BCUT2D eigenvalue weighted by Gasteiger charge is 2.24. The fourth-order valence-corrected chi connectivity index (χ4v) is 4.46. The highest BCUT2D eigenvalue weighted by atomic mass is 127. The Balaban J connectivity index is 0.00000300. The number of pyridine rings is 1. The van der Waals surface area contributed by atoms with Crippen LogP contribution in [0.15, 0.2) is 40.8 Å². The van der Waals surface area contributed by atoms with Gasteiger partial charge in [-0.15, -0.1) is 35.3 Å². The molecule has 0 aliphatic carbocycles. The summed E-state index contributed by atoms with van der Waals surface area (Å²) >= 11 is 1.84. The van der Waals surface area contributed by atoms with Crippen LogP contribution >= 0.6 is 35.3 Å². The summed E-state index contributed by atoms with van der Waals surface area (Å²) in [5, 5.41) is 9.13. The minimum Gasteiger partial charge on any atom is -0.362 e. The highest BCUT2D eigenvalue weighted by molar-refractivity contribution is 14.0. The Hall–Kier alpha value is -1.39. The van der Waals surface area contributed by atoms with E-state index in [2.05, 4.69) is 51.0 Å². The molecule has 1 aliphatic rings. The van der Waals surface area contributed by atoms with E-state index in [0.29, 0.717) is 12.6 Å². The monoisotopic (exact) mass is 528 g/mol. The quantitative estimate of drug-likeness (QED) is 0.311. The van der Waals surface area contributed by atoms with Crippen molar-refractivity contribution in [3.63, 3.8) is 0 Å². The highest BCUT2D eigenvalue weighted by Crippen LogP contribution is 2.27. The van der Waals surface area contributed by atoms with Gasteiger partial charge in [0.1, 0.15) is 5.82 Å². The van der Waals surface area contributed by atoms with Gasteiger partial charge in [0.05, 0.1) is 12.6 Å². The zero-order valence-corrected chi connectivity index (χ0v) is 20.7. The van der Waals surface area contributed by atoms with Crippen LogP contribution in [-0.4, -0.2) is 56.1 Å². The SMILES string of the molecule is CCNC(=NCc1cccnc1N(C)C)NCC(c1cccs1)N1CCCC1.I. The van der Waals surface area contributed by atoms with Gasteiger partial charge >= 0.3 is 0 Å². The van der Waals surface area contributed by atoms with Gasteiger partial charge in [-0.25, -0.2) is 9.98 Å². The number of rotatable bonds is 8. The summed E-state index contributed by atoms with van der Waals surface area (Å²) in [6.45, 7) is 6.76. The fourth-order valence-electron chi connectivity index (χ4n) is 3.60. The zero-order chi connectivity index (χ0) is 19.8. The van der Waals surface area contributed by atoms with Crippen LogP contribution in [-0.2, 0) is 6.54 Å². The molecule has 160 valence electrons. The Morgan fingerprint density at radius 3 is 2.69 bits per heavy atom. The van der Waals surface area contributed by atoms with Crippen molar-refractivity contribution >= 4 is 47.1 Å². The Kier molecular flexibility index (Phi) is 10.2. The Morgan fingerprint density at radius 2 is 2.03 bits per heavy atom. The van der Waals surface area contributed by atoms with Crippen molar-refractivity contribution in [2.75, 3.05) is 45.2 Å². The molecule has 0 bridgehead atoms. The Morgan fingerprint density at radius 1 is 1.24 bits per heavy atom. The van der Waals surface area contributed by atoms with Crippen molar-refractivity contribution in [2.45, 2.75) is 32.4 Å². The van der Waals surface area contributed by atoms with E-state index in [1.54, 1.807) is 0 Å². The van der Waals surface area contributed by atoms with Gasteiger partial charge in [0.15, 0.2) is 5.96 Å². The predicted octanol–water partition coefficient (Wildman–Crippen LogP) is 3.72. The van der Waals surface area contributed by atoms with Crippen LogP contribution in [0.25, 0.3) is 0 Å². The largest absolute Gasteiger partial charge is 0.362 e. The molecule has 1 aliphatic heterocycles. The maximum atomic E-state index is 4.82. The second-order valence-electron chi connectivity index (χ2n) is 7.23. The Bertz CT molecular complexity index is 743. The lowest BCUT2D eigenvalue weighted by atomic mass is 10.2. The summed E-state index contributed by atoms with van der Waals surface area (Å²) in [5.41, 5.74) is 1.12. The summed E-state index contributed by atoms with van der Waals surface area (Å²) < 4.78 is 0. The van der Waals surface area contributed by atoms with Crippen LogP contribution in [0.4, 0.5) is 5.82 Å². The summed E-state index contributed by atoms with van der Waals surface area (Å²) in [6, 6.07) is 8.86. The molecule has 6 nitrogen and oxygen atoms in total. The molecule has 0 amide bonds. The molecule has 1 saturated heterocycles. The lowest BCUT2D eigenvalue weighted by molar-refractivity contribution is 0.249. The maximum Gasteiger partial charge on any atom is 0.191 e. The number of anilines is 1. The molecule has 1 unspecified atom stereocenters. The maximum absolute atomic E-state index is 4.82. The average molecular weight is 529 g/mol. The van der Waals surface area contributed by atoms with Crippen molar-refractivity contribution in [1.29, 1.82) is 0 Å². The average Bonchev–Trinajstić information content (AvgIpc) is 3.41. The first-order valence-electron chi connectivity index (χ1n) is 10.1. The number of nitrogens with zero attached hydrogens (tertiary/aromatic N) is 4. The molecule has 3 rings (SSSR count). The number of guanidine groups is 1. The zero-order valence-electron chi connectivity index (χ0n) is 17.6. The molecule has 3 heterocycles. The number of likely N-dealkylation sites (tertiary alicyclic amines) is 1. The molecule has 0 saturated carbocycles. The van der Waals surface area contributed by atoms with Crippen LogP contribution in [0.2, 0.25) is 0 Å². The van der Waals surface area contributed by atoms with E-state index in [1.165, 1.54) is 30.8 Å². The van der Waals surface area contributed by atoms with Gasteiger partial charge in [-0.2, -0.15) is 0 Å².